The van der Waals surface area contributed by atoms with Crippen LogP contribution >= 0.6 is 0 Å². The van der Waals surface area contributed by atoms with Crippen molar-refractivity contribution in [2.75, 3.05) is 0 Å². The molecule has 9 heteroatoms. The summed E-state index contributed by atoms with van der Waals surface area (Å²) in [4.78, 5) is 19.7. The quantitative estimate of drug-likeness (QED) is 0.256. The van der Waals surface area contributed by atoms with Crippen molar-refractivity contribution in [3.05, 3.63) is 0 Å². The standard InChI is InChI=1S/C2H3FN2O4S.K.H/c3-10(8,9)5-2(7)1(4)6;;/h(H2,4,6)(H,5,7);;/q;+1;-1. The first-order valence-corrected chi connectivity index (χ1v) is 3.27. The third kappa shape index (κ3) is 8.36. The Morgan fingerprint density at radius 2 is 1.82 bits per heavy atom. The number of rotatable bonds is 1. The predicted octanol–water partition coefficient (Wildman–Crippen LogP) is -5.08. The molecule has 11 heavy (non-hydrogen) atoms. The van der Waals surface area contributed by atoms with E-state index in [9.17, 15) is 21.9 Å². The molecule has 0 saturated heterocycles. The van der Waals surface area contributed by atoms with Gasteiger partial charge in [-0.1, -0.05) is 3.89 Å². The van der Waals surface area contributed by atoms with Crippen molar-refractivity contribution in [3.63, 3.8) is 0 Å². The van der Waals surface area contributed by atoms with Crippen LogP contribution in [0.3, 0.4) is 0 Å². The molecule has 0 aliphatic rings. The molecule has 3 N–H and O–H groups in total. The fourth-order valence-corrected chi connectivity index (χ4v) is 0.483. The van der Waals surface area contributed by atoms with E-state index in [-0.39, 0.29) is 52.8 Å². The molecular weight excluding hydrogens is 206 g/mol. The second-order valence-electron chi connectivity index (χ2n) is 1.23. The molecule has 0 heterocycles. The Morgan fingerprint density at radius 1 is 1.45 bits per heavy atom. The summed E-state index contributed by atoms with van der Waals surface area (Å²) in [7, 11) is -5.17. The van der Waals surface area contributed by atoms with E-state index in [4.69, 9.17) is 0 Å². The topological polar surface area (TPSA) is 106 Å². The SMILES string of the molecule is NC(=O)C(=O)NS(=O)(=O)F.[H-].[K+]. The first kappa shape index (κ1) is 14.0. The summed E-state index contributed by atoms with van der Waals surface area (Å²) >= 11 is 0. The fourth-order valence-electron chi connectivity index (χ4n) is 0.161. The van der Waals surface area contributed by atoms with Crippen LogP contribution in [0.1, 0.15) is 1.43 Å². The van der Waals surface area contributed by atoms with Gasteiger partial charge in [0.25, 0.3) is 0 Å². The Hall–Kier alpha value is 0.456. The van der Waals surface area contributed by atoms with E-state index in [1.165, 1.54) is 0 Å². The Balaban J connectivity index is -0.000000405. The zero-order valence-corrected chi connectivity index (χ0v) is 9.44. The number of carbonyl (C=O) groups excluding carboxylic acids is 2. The zero-order chi connectivity index (χ0) is 8.36. The molecule has 2 amide bonds. The van der Waals surface area contributed by atoms with Crippen LogP contribution in [-0.4, -0.2) is 20.2 Å². The molecule has 0 unspecified atom stereocenters. The number of primary amides is 1. The van der Waals surface area contributed by atoms with Gasteiger partial charge in [-0.05, 0) is 0 Å². The Bertz CT molecular complexity index is 266. The molecule has 0 bridgehead atoms. The van der Waals surface area contributed by atoms with Gasteiger partial charge >= 0.3 is 73.6 Å². The van der Waals surface area contributed by atoms with Gasteiger partial charge < -0.3 is 7.16 Å². The Morgan fingerprint density at radius 3 is 1.91 bits per heavy atom. The van der Waals surface area contributed by atoms with Gasteiger partial charge in [0.1, 0.15) is 0 Å². The molecule has 0 spiro atoms. The number of carbonyl (C=O) groups is 2. The van der Waals surface area contributed by atoms with E-state index in [2.05, 4.69) is 5.73 Å². The molecule has 0 saturated carbocycles. The van der Waals surface area contributed by atoms with Gasteiger partial charge in [-0.15, -0.1) is 0 Å². The number of nitrogens with two attached hydrogens (primary N) is 1. The monoisotopic (exact) mass is 210 g/mol. The summed E-state index contributed by atoms with van der Waals surface area (Å²) in [5, 5.41) is 0. The average molecular weight is 210 g/mol. The number of hydrogen-bond donors (Lipinski definition) is 2. The van der Waals surface area contributed by atoms with Crippen LogP contribution in [-0.2, 0) is 20.0 Å². The van der Waals surface area contributed by atoms with Gasteiger partial charge in [0, 0.05) is 0 Å². The maximum atomic E-state index is 11.4. The van der Waals surface area contributed by atoms with Gasteiger partial charge in [-0.3, -0.25) is 9.59 Å². The summed E-state index contributed by atoms with van der Waals surface area (Å²) in [5.74, 6) is -3.27. The summed E-state index contributed by atoms with van der Waals surface area (Å²) < 4.78 is 31.2. The maximum Gasteiger partial charge on any atom is 1.00 e. The normalized spacial score (nSPS) is 9.55. The van der Waals surface area contributed by atoms with E-state index in [1.807, 2.05) is 0 Å². The van der Waals surface area contributed by atoms with Gasteiger partial charge in [0.15, 0.2) is 0 Å². The molecule has 0 fully saturated rings. The molecular formula is C2H4FKN2O4S. The number of nitrogens with one attached hydrogen (secondary N) is 1. The minimum Gasteiger partial charge on any atom is -1.00 e. The van der Waals surface area contributed by atoms with Gasteiger partial charge in [-0.2, -0.15) is 8.42 Å². The van der Waals surface area contributed by atoms with Crippen LogP contribution in [0.4, 0.5) is 3.89 Å². The van der Waals surface area contributed by atoms with E-state index < -0.39 is 22.2 Å². The molecule has 0 atom stereocenters. The molecule has 0 aromatic rings. The van der Waals surface area contributed by atoms with E-state index in [0.717, 1.165) is 0 Å². The molecule has 0 aliphatic carbocycles. The summed E-state index contributed by atoms with van der Waals surface area (Å²) in [6.07, 6.45) is 0. The number of hydrogen-bond acceptors (Lipinski definition) is 4. The number of amides is 2. The average Bonchev–Trinajstić information content (AvgIpc) is 1.60. The smallest absolute Gasteiger partial charge is 1.00 e. The minimum atomic E-state index is -5.17. The van der Waals surface area contributed by atoms with Crippen molar-refractivity contribution < 1.29 is 74.7 Å². The second kappa shape index (κ2) is 5.16. The molecule has 60 valence electrons. The zero-order valence-electron chi connectivity index (χ0n) is 6.50. The largest absolute Gasteiger partial charge is 1.00 e. The molecule has 0 aliphatic heterocycles. The second-order valence-corrected chi connectivity index (χ2v) is 2.31. The summed E-state index contributed by atoms with van der Waals surface area (Å²) in [5.41, 5.74) is 4.26. The maximum absolute atomic E-state index is 11.4. The number of halogens is 1. The first-order chi connectivity index (χ1) is 4.33. The third-order valence-electron chi connectivity index (χ3n) is 0.438. The van der Waals surface area contributed by atoms with Crippen LogP contribution < -0.4 is 61.8 Å². The summed E-state index contributed by atoms with van der Waals surface area (Å²) in [6, 6.07) is 0. The van der Waals surface area contributed by atoms with Crippen molar-refractivity contribution in [2.45, 2.75) is 0 Å². The Labute approximate surface area is 106 Å². The van der Waals surface area contributed by atoms with E-state index >= 15 is 0 Å². The van der Waals surface area contributed by atoms with Crippen molar-refractivity contribution >= 4 is 22.2 Å². The van der Waals surface area contributed by atoms with Crippen molar-refractivity contribution in [2.24, 2.45) is 5.73 Å². The molecule has 0 aromatic carbocycles. The van der Waals surface area contributed by atoms with Crippen LogP contribution in [0.5, 0.6) is 0 Å². The van der Waals surface area contributed by atoms with Gasteiger partial charge in [0.05, 0.1) is 0 Å². The van der Waals surface area contributed by atoms with E-state index in [0.29, 0.717) is 4.72 Å². The third-order valence-corrected chi connectivity index (χ3v) is 0.868. The van der Waals surface area contributed by atoms with E-state index in [1.54, 1.807) is 0 Å². The first-order valence-electron chi connectivity index (χ1n) is 1.89. The van der Waals surface area contributed by atoms with Crippen LogP contribution in [0, 0.1) is 0 Å². The predicted molar refractivity (Wildman–Crippen MR) is 28.5 cm³/mol. The van der Waals surface area contributed by atoms with Gasteiger partial charge in [0.2, 0.25) is 0 Å². The molecule has 0 radical (unpaired) electrons. The van der Waals surface area contributed by atoms with Crippen LogP contribution in [0.2, 0.25) is 0 Å². The minimum absolute atomic E-state index is 0. The Kier molecular flexibility index (Phi) is 6.58. The summed E-state index contributed by atoms with van der Waals surface area (Å²) in [6.45, 7) is 0. The fraction of sp³-hybridized carbons (Fsp3) is 0. The van der Waals surface area contributed by atoms with Crippen molar-refractivity contribution in [1.82, 2.24) is 4.72 Å². The molecule has 0 aromatic heterocycles. The van der Waals surface area contributed by atoms with Crippen LogP contribution in [0.25, 0.3) is 0 Å². The van der Waals surface area contributed by atoms with Crippen LogP contribution in [0.15, 0.2) is 0 Å². The molecule has 0 rings (SSSR count). The molecule has 6 nitrogen and oxygen atoms in total. The van der Waals surface area contributed by atoms with Gasteiger partial charge in [-0.25, -0.2) is 4.72 Å². The van der Waals surface area contributed by atoms with Crippen molar-refractivity contribution in [3.8, 4) is 0 Å². The van der Waals surface area contributed by atoms with Crippen molar-refractivity contribution in [1.29, 1.82) is 0 Å².